The predicted octanol–water partition coefficient (Wildman–Crippen LogP) is 5.66. The fourth-order valence-electron chi connectivity index (χ4n) is 2.88. The third kappa shape index (κ3) is 6.93. The number of hydrazone groups is 1. The maximum Gasteiger partial charge on any atom is 0.265 e. The Hall–Kier alpha value is -3.16. The lowest BCUT2D eigenvalue weighted by molar-refractivity contribution is -0.121. The largest absolute Gasteiger partial charge is 0.493 e. The molecule has 1 aromatic heterocycles. The van der Waals surface area contributed by atoms with Crippen molar-refractivity contribution < 1.29 is 14.3 Å². The third-order valence-corrected chi connectivity index (χ3v) is 5.68. The Morgan fingerprint density at radius 1 is 1.12 bits per heavy atom. The van der Waals surface area contributed by atoms with Gasteiger partial charge in [-0.2, -0.15) is 5.10 Å². The molecule has 0 aliphatic heterocycles. The lowest BCUT2D eigenvalue weighted by Gasteiger charge is -2.09. The smallest absolute Gasteiger partial charge is 0.265 e. The summed E-state index contributed by atoms with van der Waals surface area (Å²) < 4.78 is 5.70. The monoisotopic (exact) mass is 469 g/mol. The van der Waals surface area contributed by atoms with Crippen LogP contribution in [0, 0.1) is 6.92 Å². The number of amides is 2. The van der Waals surface area contributed by atoms with Crippen LogP contribution in [0.15, 0.2) is 65.1 Å². The Balaban J connectivity index is 1.46. The number of nitrogens with one attached hydrogen (secondary N) is 2. The van der Waals surface area contributed by atoms with E-state index in [1.165, 1.54) is 11.3 Å². The summed E-state index contributed by atoms with van der Waals surface area (Å²) in [6, 6.07) is 16.4. The number of nitrogens with zero attached hydrogens (tertiary/aromatic N) is 1. The van der Waals surface area contributed by atoms with Gasteiger partial charge >= 0.3 is 0 Å². The summed E-state index contributed by atoms with van der Waals surface area (Å²) in [5.41, 5.74) is 5.63. The molecule has 6 nitrogen and oxygen atoms in total. The molecule has 2 N–H and O–H groups in total. The zero-order valence-electron chi connectivity index (χ0n) is 17.9. The quantitative estimate of drug-likeness (QED) is 0.241. The van der Waals surface area contributed by atoms with E-state index in [0.717, 1.165) is 16.9 Å². The van der Waals surface area contributed by atoms with Crippen molar-refractivity contribution >= 4 is 46.2 Å². The minimum Gasteiger partial charge on any atom is -0.493 e. The van der Waals surface area contributed by atoms with Gasteiger partial charge in [-0.25, -0.2) is 5.43 Å². The first-order chi connectivity index (χ1) is 15.4. The summed E-state index contributed by atoms with van der Waals surface area (Å²) in [6.07, 6.45) is 0.854. The summed E-state index contributed by atoms with van der Waals surface area (Å²) >= 11 is 7.32. The topological polar surface area (TPSA) is 79.8 Å². The molecular formula is C24H24ClN3O3S. The summed E-state index contributed by atoms with van der Waals surface area (Å²) in [5, 5.41) is 9.56. The molecular weight excluding hydrogens is 446 g/mol. The van der Waals surface area contributed by atoms with Gasteiger partial charge in [0.1, 0.15) is 5.75 Å². The van der Waals surface area contributed by atoms with Gasteiger partial charge in [0.2, 0.25) is 5.91 Å². The second-order valence-electron chi connectivity index (χ2n) is 7.11. The number of carbonyl (C=O) groups is 2. The Bertz CT molecular complexity index is 1110. The van der Waals surface area contributed by atoms with E-state index in [4.69, 9.17) is 16.3 Å². The summed E-state index contributed by atoms with van der Waals surface area (Å²) in [7, 11) is 0. The average molecular weight is 470 g/mol. The molecule has 2 amide bonds. The number of aryl methyl sites for hydroxylation is 1. The van der Waals surface area contributed by atoms with Crippen molar-refractivity contribution in [2.24, 2.45) is 5.10 Å². The highest BCUT2D eigenvalue weighted by Gasteiger charge is 2.08. The number of ether oxygens (including phenoxy) is 1. The van der Waals surface area contributed by atoms with Crippen LogP contribution < -0.4 is 15.5 Å². The Kier molecular flexibility index (Phi) is 8.41. The van der Waals surface area contributed by atoms with Gasteiger partial charge in [0.25, 0.3) is 5.91 Å². The van der Waals surface area contributed by atoms with Crippen LogP contribution in [0.4, 0.5) is 5.69 Å². The van der Waals surface area contributed by atoms with Gasteiger partial charge in [0, 0.05) is 17.1 Å². The Morgan fingerprint density at radius 3 is 2.72 bits per heavy atom. The first-order valence-corrected chi connectivity index (χ1v) is 11.4. The predicted molar refractivity (Wildman–Crippen MR) is 130 cm³/mol. The average Bonchev–Trinajstić information content (AvgIpc) is 3.31. The van der Waals surface area contributed by atoms with E-state index < -0.39 is 0 Å². The van der Waals surface area contributed by atoms with Gasteiger partial charge in [-0.15, -0.1) is 11.3 Å². The molecule has 0 aliphatic rings. The number of thiophene rings is 1. The van der Waals surface area contributed by atoms with Crippen LogP contribution in [0.3, 0.4) is 0 Å². The molecule has 32 heavy (non-hydrogen) atoms. The molecule has 8 heteroatoms. The van der Waals surface area contributed by atoms with Gasteiger partial charge in [-0.05, 0) is 73.2 Å². The van der Waals surface area contributed by atoms with E-state index in [1.807, 2.05) is 54.8 Å². The fourth-order valence-corrected chi connectivity index (χ4v) is 3.72. The van der Waals surface area contributed by atoms with Crippen molar-refractivity contribution in [3.63, 3.8) is 0 Å². The van der Waals surface area contributed by atoms with Crippen molar-refractivity contribution in [3.8, 4) is 5.75 Å². The molecule has 166 valence electrons. The highest BCUT2D eigenvalue weighted by atomic mass is 35.5. The van der Waals surface area contributed by atoms with E-state index in [-0.39, 0.29) is 11.8 Å². The summed E-state index contributed by atoms with van der Waals surface area (Å²) in [4.78, 5) is 25.0. The number of benzene rings is 2. The van der Waals surface area contributed by atoms with E-state index in [2.05, 4.69) is 15.8 Å². The standard InChI is InChI=1S/C24H24ClN3O3S/c1-16-14-19(25)10-11-21(16)31-12-4-9-23(29)28-27-17(2)18-6-3-7-20(15-18)26-24(30)22-8-5-13-32-22/h3,5-8,10-11,13-15H,4,9,12H2,1-2H3,(H,26,30)(H,28,29). The number of hydrogen-bond acceptors (Lipinski definition) is 5. The number of carbonyl (C=O) groups excluding carboxylic acids is 2. The normalized spacial score (nSPS) is 11.2. The molecule has 0 saturated carbocycles. The van der Waals surface area contributed by atoms with Crippen molar-refractivity contribution in [3.05, 3.63) is 81.0 Å². The molecule has 0 spiro atoms. The van der Waals surface area contributed by atoms with E-state index in [0.29, 0.717) is 40.7 Å². The van der Waals surface area contributed by atoms with Gasteiger partial charge in [0.15, 0.2) is 0 Å². The van der Waals surface area contributed by atoms with E-state index in [1.54, 1.807) is 19.1 Å². The van der Waals surface area contributed by atoms with Gasteiger partial charge < -0.3 is 10.1 Å². The SMILES string of the molecule is CC(=NNC(=O)CCCOc1ccc(Cl)cc1C)c1cccc(NC(=O)c2cccs2)c1. The van der Waals surface area contributed by atoms with Crippen molar-refractivity contribution in [2.45, 2.75) is 26.7 Å². The zero-order valence-corrected chi connectivity index (χ0v) is 19.4. The molecule has 0 aliphatic carbocycles. The van der Waals surface area contributed by atoms with Crippen molar-refractivity contribution in [1.29, 1.82) is 0 Å². The third-order valence-electron chi connectivity index (χ3n) is 4.57. The number of hydrogen-bond donors (Lipinski definition) is 2. The maximum atomic E-state index is 12.2. The van der Waals surface area contributed by atoms with Crippen LogP contribution in [-0.2, 0) is 4.79 Å². The molecule has 0 fully saturated rings. The van der Waals surface area contributed by atoms with Crippen molar-refractivity contribution in [1.82, 2.24) is 5.43 Å². The highest BCUT2D eigenvalue weighted by Crippen LogP contribution is 2.22. The lowest BCUT2D eigenvalue weighted by atomic mass is 10.1. The lowest BCUT2D eigenvalue weighted by Crippen LogP contribution is -2.19. The Labute approximate surface area is 196 Å². The van der Waals surface area contributed by atoms with Crippen molar-refractivity contribution in [2.75, 3.05) is 11.9 Å². The van der Waals surface area contributed by atoms with Crippen LogP contribution >= 0.6 is 22.9 Å². The Morgan fingerprint density at radius 2 is 1.97 bits per heavy atom. The second-order valence-corrected chi connectivity index (χ2v) is 8.49. The molecule has 0 atom stereocenters. The van der Waals surface area contributed by atoms with E-state index in [9.17, 15) is 9.59 Å². The molecule has 0 unspecified atom stereocenters. The van der Waals surface area contributed by atoms with Crippen LogP contribution in [0.5, 0.6) is 5.75 Å². The first kappa shape index (κ1) is 23.5. The summed E-state index contributed by atoms with van der Waals surface area (Å²) in [5.74, 6) is 0.411. The highest BCUT2D eigenvalue weighted by molar-refractivity contribution is 7.12. The number of rotatable bonds is 9. The molecule has 3 aromatic rings. The van der Waals surface area contributed by atoms with Gasteiger partial charge in [-0.3, -0.25) is 9.59 Å². The molecule has 1 heterocycles. The number of anilines is 1. The minimum absolute atomic E-state index is 0.156. The zero-order chi connectivity index (χ0) is 22.9. The molecule has 0 saturated heterocycles. The summed E-state index contributed by atoms with van der Waals surface area (Å²) in [6.45, 7) is 4.14. The first-order valence-electron chi connectivity index (χ1n) is 10.1. The molecule has 0 bridgehead atoms. The van der Waals surface area contributed by atoms with Crippen LogP contribution in [-0.4, -0.2) is 24.1 Å². The molecule has 3 rings (SSSR count). The van der Waals surface area contributed by atoms with Crippen LogP contribution in [0.2, 0.25) is 5.02 Å². The molecule has 2 aromatic carbocycles. The van der Waals surface area contributed by atoms with Crippen LogP contribution in [0.1, 0.15) is 40.6 Å². The minimum atomic E-state index is -0.192. The van der Waals surface area contributed by atoms with Gasteiger partial charge in [0.05, 0.1) is 17.2 Å². The van der Waals surface area contributed by atoms with E-state index >= 15 is 0 Å². The number of halogens is 1. The maximum absolute atomic E-state index is 12.2. The van der Waals surface area contributed by atoms with Gasteiger partial charge in [-0.1, -0.05) is 29.8 Å². The fraction of sp³-hybridized carbons (Fsp3) is 0.208. The molecule has 0 radical (unpaired) electrons. The second kappa shape index (κ2) is 11.5. The van der Waals surface area contributed by atoms with Crippen LogP contribution in [0.25, 0.3) is 0 Å².